The highest BCUT2D eigenvalue weighted by Crippen LogP contribution is 2.14. The van der Waals surface area contributed by atoms with Crippen molar-refractivity contribution in [3.05, 3.63) is 28.0 Å². The molecule has 1 saturated heterocycles. The van der Waals surface area contributed by atoms with E-state index in [-0.39, 0.29) is 17.6 Å². The number of amides is 1. The van der Waals surface area contributed by atoms with Gasteiger partial charge in [-0.25, -0.2) is 0 Å². The van der Waals surface area contributed by atoms with E-state index in [1.165, 1.54) is 11.3 Å². The van der Waals surface area contributed by atoms with Crippen molar-refractivity contribution in [1.29, 1.82) is 5.26 Å². The van der Waals surface area contributed by atoms with Gasteiger partial charge in [-0.05, 0) is 30.4 Å². The zero-order valence-electron chi connectivity index (χ0n) is 9.89. The lowest BCUT2D eigenvalue weighted by Crippen LogP contribution is -2.32. The number of thiophene rings is 1. The summed E-state index contributed by atoms with van der Waals surface area (Å²) in [6, 6.07) is 5.69. The van der Waals surface area contributed by atoms with Crippen LogP contribution in [0.15, 0.2) is 23.1 Å². The second kappa shape index (κ2) is 6.34. The van der Waals surface area contributed by atoms with Crippen LogP contribution in [0.5, 0.6) is 0 Å². The summed E-state index contributed by atoms with van der Waals surface area (Å²) in [5.41, 5.74) is 0.135. The fourth-order valence-electron chi connectivity index (χ4n) is 1.77. The van der Waals surface area contributed by atoms with Gasteiger partial charge in [-0.3, -0.25) is 4.79 Å². The van der Waals surface area contributed by atoms with Crippen LogP contribution >= 0.6 is 11.3 Å². The first-order chi connectivity index (χ1) is 8.79. The van der Waals surface area contributed by atoms with Crippen LogP contribution in [0.1, 0.15) is 17.7 Å². The molecule has 1 aliphatic heterocycles. The number of hydrogen-bond donors (Lipinski definition) is 1. The minimum absolute atomic E-state index is 0.0932. The van der Waals surface area contributed by atoms with Crippen LogP contribution in [-0.2, 0) is 9.53 Å². The van der Waals surface area contributed by atoms with Crippen molar-refractivity contribution in [3.8, 4) is 6.07 Å². The summed E-state index contributed by atoms with van der Waals surface area (Å²) in [6.07, 6.45) is 3.71. The Balaban J connectivity index is 1.91. The van der Waals surface area contributed by atoms with E-state index >= 15 is 0 Å². The molecule has 1 unspecified atom stereocenters. The maximum atomic E-state index is 11.8. The lowest BCUT2D eigenvalue weighted by atomic mass is 10.2. The molecule has 5 heteroatoms. The fourth-order valence-corrected chi connectivity index (χ4v) is 2.43. The highest BCUT2D eigenvalue weighted by Gasteiger charge is 2.17. The van der Waals surface area contributed by atoms with Gasteiger partial charge in [-0.1, -0.05) is 6.07 Å². The molecule has 1 aromatic rings. The van der Waals surface area contributed by atoms with Crippen LogP contribution in [0.3, 0.4) is 0 Å². The molecule has 94 valence electrons. The molecule has 2 heterocycles. The Kier molecular flexibility index (Phi) is 4.51. The van der Waals surface area contributed by atoms with E-state index in [0.29, 0.717) is 6.54 Å². The summed E-state index contributed by atoms with van der Waals surface area (Å²) in [4.78, 5) is 12.7. The summed E-state index contributed by atoms with van der Waals surface area (Å²) in [5.74, 6) is -0.332. The average molecular weight is 262 g/mol. The summed E-state index contributed by atoms with van der Waals surface area (Å²) < 4.78 is 5.41. The van der Waals surface area contributed by atoms with Gasteiger partial charge in [0.2, 0.25) is 0 Å². The summed E-state index contributed by atoms with van der Waals surface area (Å²) in [6.45, 7) is 1.24. The smallest absolute Gasteiger partial charge is 0.262 e. The normalized spacial score (nSPS) is 19.5. The predicted molar refractivity (Wildman–Crippen MR) is 69.9 cm³/mol. The molecule has 0 saturated carbocycles. The van der Waals surface area contributed by atoms with Crippen molar-refractivity contribution in [2.24, 2.45) is 0 Å². The summed E-state index contributed by atoms with van der Waals surface area (Å²) >= 11 is 1.50. The zero-order valence-corrected chi connectivity index (χ0v) is 10.7. The van der Waals surface area contributed by atoms with Crippen LogP contribution in [0.2, 0.25) is 0 Å². The highest BCUT2D eigenvalue weighted by atomic mass is 32.1. The molecular weight excluding hydrogens is 248 g/mol. The van der Waals surface area contributed by atoms with Gasteiger partial charge in [0.05, 0.1) is 6.10 Å². The second-order valence-corrected chi connectivity index (χ2v) is 5.01. The van der Waals surface area contributed by atoms with Gasteiger partial charge in [-0.2, -0.15) is 5.26 Å². The van der Waals surface area contributed by atoms with E-state index in [1.54, 1.807) is 6.08 Å². The Morgan fingerprint density at radius 1 is 1.72 bits per heavy atom. The van der Waals surface area contributed by atoms with Crippen LogP contribution in [-0.4, -0.2) is 25.2 Å². The number of nitrogens with one attached hydrogen (secondary N) is 1. The van der Waals surface area contributed by atoms with Crippen LogP contribution in [0.4, 0.5) is 0 Å². The molecule has 0 aromatic carbocycles. The van der Waals surface area contributed by atoms with Crippen LogP contribution in [0, 0.1) is 11.3 Å². The SMILES string of the molecule is N#CC(=Cc1cccs1)C(=O)NCC1CCCO1. The van der Waals surface area contributed by atoms with E-state index in [2.05, 4.69) is 5.32 Å². The molecule has 0 spiro atoms. The Morgan fingerprint density at radius 3 is 3.22 bits per heavy atom. The average Bonchev–Trinajstić information content (AvgIpc) is 3.06. The van der Waals surface area contributed by atoms with Gasteiger partial charge in [-0.15, -0.1) is 11.3 Å². The number of hydrogen-bond acceptors (Lipinski definition) is 4. The molecule has 2 rings (SSSR count). The van der Waals surface area contributed by atoms with E-state index in [9.17, 15) is 4.79 Å². The molecule has 0 aliphatic carbocycles. The van der Waals surface area contributed by atoms with E-state index in [1.807, 2.05) is 23.6 Å². The molecule has 1 atom stereocenters. The van der Waals surface area contributed by atoms with Crippen LogP contribution in [0.25, 0.3) is 6.08 Å². The Hall–Kier alpha value is -1.64. The van der Waals surface area contributed by atoms with E-state index in [0.717, 1.165) is 24.3 Å². The van der Waals surface area contributed by atoms with Crippen molar-refractivity contribution in [3.63, 3.8) is 0 Å². The third-order valence-electron chi connectivity index (χ3n) is 2.71. The minimum Gasteiger partial charge on any atom is -0.376 e. The van der Waals surface area contributed by atoms with E-state index < -0.39 is 0 Å². The molecule has 0 radical (unpaired) electrons. The lowest BCUT2D eigenvalue weighted by Gasteiger charge is -2.09. The standard InChI is InChI=1S/C13H14N2O2S/c14-8-10(7-12-4-2-6-18-12)13(16)15-9-11-3-1-5-17-11/h2,4,6-7,11H,1,3,5,9H2,(H,15,16). The largest absolute Gasteiger partial charge is 0.376 e. The van der Waals surface area contributed by atoms with Crippen molar-refractivity contribution < 1.29 is 9.53 Å². The quantitative estimate of drug-likeness (QED) is 0.666. The maximum Gasteiger partial charge on any atom is 0.262 e. The molecule has 1 amide bonds. The Morgan fingerprint density at radius 2 is 2.61 bits per heavy atom. The first-order valence-electron chi connectivity index (χ1n) is 5.84. The lowest BCUT2D eigenvalue weighted by molar-refractivity contribution is -0.117. The third-order valence-corrected chi connectivity index (χ3v) is 3.53. The van der Waals surface area contributed by atoms with Gasteiger partial charge in [0, 0.05) is 18.0 Å². The van der Waals surface area contributed by atoms with E-state index in [4.69, 9.17) is 10.00 Å². The molecule has 1 aromatic heterocycles. The number of nitriles is 1. The molecule has 1 aliphatic rings. The predicted octanol–water partition coefficient (Wildman–Crippen LogP) is 1.95. The van der Waals surface area contributed by atoms with Gasteiger partial charge in [0.15, 0.2) is 0 Å². The Labute approximate surface area is 110 Å². The number of nitrogens with zero attached hydrogens (tertiary/aromatic N) is 1. The zero-order chi connectivity index (χ0) is 12.8. The number of rotatable bonds is 4. The number of carbonyl (C=O) groups is 1. The van der Waals surface area contributed by atoms with Crippen molar-refractivity contribution >= 4 is 23.3 Å². The monoisotopic (exact) mass is 262 g/mol. The molecule has 0 bridgehead atoms. The topological polar surface area (TPSA) is 62.1 Å². The van der Waals surface area contributed by atoms with Crippen LogP contribution < -0.4 is 5.32 Å². The van der Waals surface area contributed by atoms with Gasteiger partial charge < -0.3 is 10.1 Å². The minimum atomic E-state index is -0.332. The van der Waals surface area contributed by atoms with Gasteiger partial charge in [0.25, 0.3) is 5.91 Å². The summed E-state index contributed by atoms with van der Waals surface area (Å²) in [5, 5.41) is 13.6. The third kappa shape index (κ3) is 3.42. The fraction of sp³-hybridized carbons (Fsp3) is 0.385. The highest BCUT2D eigenvalue weighted by molar-refractivity contribution is 7.10. The van der Waals surface area contributed by atoms with Gasteiger partial charge >= 0.3 is 0 Å². The summed E-state index contributed by atoms with van der Waals surface area (Å²) in [7, 11) is 0. The maximum absolute atomic E-state index is 11.8. The molecule has 4 nitrogen and oxygen atoms in total. The van der Waals surface area contributed by atoms with Crippen molar-refractivity contribution in [2.45, 2.75) is 18.9 Å². The molecule has 1 N–H and O–H groups in total. The first kappa shape index (κ1) is 12.8. The van der Waals surface area contributed by atoms with Crippen molar-refractivity contribution in [1.82, 2.24) is 5.32 Å². The van der Waals surface area contributed by atoms with Gasteiger partial charge in [0.1, 0.15) is 11.6 Å². The number of ether oxygens (including phenoxy) is 1. The number of carbonyl (C=O) groups excluding carboxylic acids is 1. The first-order valence-corrected chi connectivity index (χ1v) is 6.72. The molecule has 1 fully saturated rings. The van der Waals surface area contributed by atoms with Crippen molar-refractivity contribution in [2.75, 3.05) is 13.2 Å². The molecule has 18 heavy (non-hydrogen) atoms. The molecular formula is C13H14N2O2S. The second-order valence-electron chi connectivity index (χ2n) is 4.03. The Bertz CT molecular complexity index is 468.